The number of nitrogens with zero attached hydrogens (tertiary/aromatic N) is 2. The second kappa shape index (κ2) is 9.00. The third kappa shape index (κ3) is 5.56. The number of carbonyl (C=O) groups is 1. The minimum atomic E-state index is -3.87. The molecule has 1 amide bonds. The first kappa shape index (κ1) is 22.7. The van der Waals surface area contributed by atoms with Crippen molar-refractivity contribution in [3.05, 3.63) is 53.6 Å². The van der Waals surface area contributed by atoms with Gasteiger partial charge in [-0.15, -0.1) is 0 Å². The Kier molecular flexibility index (Phi) is 6.80. The molecule has 0 unspecified atom stereocenters. The lowest BCUT2D eigenvalue weighted by atomic mass is 10.3. The average Bonchev–Trinajstić information content (AvgIpc) is 2.68. The third-order valence-corrected chi connectivity index (χ3v) is 7.67. The third-order valence-electron chi connectivity index (χ3n) is 4.60. The number of piperazine rings is 1. The van der Waals surface area contributed by atoms with Gasteiger partial charge in [-0.1, -0.05) is 17.7 Å². The molecular formula is C18H21ClN4O5S2. The Morgan fingerprint density at radius 1 is 0.967 bits per heavy atom. The van der Waals surface area contributed by atoms with Gasteiger partial charge in [-0.25, -0.2) is 22.0 Å². The zero-order valence-corrected chi connectivity index (χ0v) is 18.3. The number of hydrogen-bond donors (Lipinski definition) is 2. The molecule has 1 aliphatic rings. The molecule has 3 N–H and O–H groups in total. The molecule has 1 heterocycles. The molecule has 9 nitrogen and oxygen atoms in total. The fraction of sp³-hybridized carbons (Fsp3) is 0.278. The molecule has 0 saturated carbocycles. The standard InChI is InChI=1S/C18H21ClN4O5S2/c19-14-4-6-16(7-5-14)30(27,28)23-10-8-22(9-11-23)13-18(24)21-15-2-1-3-17(12-15)29(20,25)26/h1-7,12H,8-11,13H2,(H,21,24)(H2,20,25,26). The Bertz CT molecular complexity index is 1130. The minimum Gasteiger partial charge on any atom is -0.325 e. The van der Waals surface area contributed by atoms with Gasteiger partial charge in [0.2, 0.25) is 26.0 Å². The maximum Gasteiger partial charge on any atom is 0.243 e. The Labute approximate surface area is 180 Å². The molecule has 0 aliphatic carbocycles. The largest absolute Gasteiger partial charge is 0.325 e. The van der Waals surface area contributed by atoms with E-state index >= 15 is 0 Å². The number of rotatable bonds is 6. The monoisotopic (exact) mass is 472 g/mol. The normalized spacial score (nSPS) is 16.3. The number of nitrogens with one attached hydrogen (secondary N) is 1. The number of nitrogens with two attached hydrogens (primary N) is 1. The maximum absolute atomic E-state index is 12.7. The second-order valence-electron chi connectivity index (χ2n) is 6.76. The van der Waals surface area contributed by atoms with Crippen molar-refractivity contribution in [1.29, 1.82) is 0 Å². The van der Waals surface area contributed by atoms with E-state index in [0.29, 0.717) is 23.8 Å². The van der Waals surface area contributed by atoms with Crippen molar-refractivity contribution in [2.45, 2.75) is 9.79 Å². The van der Waals surface area contributed by atoms with E-state index in [1.165, 1.54) is 46.8 Å². The number of primary sulfonamides is 1. The Morgan fingerprint density at radius 2 is 1.60 bits per heavy atom. The molecule has 0 atom stereocenters. The number of halogens is 1. The number of amides is 1. The quantitative estimate of drug-likeness (QED) is 0.643. The maximum atomic E-state index is 12.7. The van der Waals surface area contributed by atoms with E-state index in [-0.39, 0.29) is 35.3 Å². The first-order valence-corrected chi connectivity index (χ1v) is 12.3. The lowest BCUT2D eigenvalue weighted by Crippen LogP contribution is -2.50. The van der Waals surface area contributed by atoms with Crippen LogP contribution < -0.4 is 10.5 Å². The lowest BCUT2D eigenvalue weighted by molar-refractivity contribution is -0.117. The molecular weight excluding hydrogens is 452 g/mol. The van der Waals surface area contributed by atoms with Crippen LogP contribution in [0.1, 0.15) is 0 Å². The fourth-order valence-corrected chi connectivity index (χ4v) is 5.15. The van der Waals surface area contributed by atoms with Crippen LogP contribution >= 0.6 is 11.6 Å². The molecule has 2 aromatic rings. The topological polar surface area (TPSA) is 130 Å². The smallest absolute Gasteiger partial charge is 0.243 e. The van der Waals surface area contributed by atoms with E-state index in [4.69, 9.17) is 16.7 Å². The predicted molar refractivity (Wildman–Crippen MR) is 113 cm³/mol. The number of benzene rings is 2. The molecule has 1 fully saturated rings. The minimum absolute atomic E-state index is 0.0500. The van der Waals surface area contributed by atoms with Gasteiger partial charge in [-0.3, -0.25) is 9.69 Å². The van der Waals surface area contributed by atoms with Crippen molar-refractivity contribution in [2.24, 2.45) is 5.14 Å². The summed E-state index contributed by atoms with van der Waals surface area (Å²) in [5.74, 6) is -0.337. The van der Waals surface area contributed by atoms with E-state index in [1.807, 2.05) is 4.90 Å². The summed E-state index contributed by atoms with van der Waals surface area (Å²) in [5, 5.41) is 8.18. The number of hydrogen-bond acceptors (Lipinski definition) is 6. The Hall–Kier alpha value is -2.02. The highest BCUT2D eigenvalue weighted by atomic mass is 35.5. The highest BCUT2D eigenvalue weighted by molar-refractivity contribution is 7.89. The zero-order chi connectivity index (χ0) is 21.9. The van der Waals surface area contributed by atoms with Gasteiger partial charge in [0.05, 0.1) is 16.3 Å². The van der Waals surface area contributed by atoms with Crippen LogP contribution in [0.2, 0.25) is 5.02 Å². The first-order chi connectivity index (χ1) is 14.1. The summed E-state index contributed by atoms with van der Waals surface area (Å²) in [6.45, 7) is 1.32. The second-order valence-corrected chi connectivity index (χ2v) is 10.7. The van der Waals surface area contributed by atoms with Crippen molar-refractivity contribution in [3.8, 4) is 0 Å². The molecule has 0 spiro atoms. The number of sulfonamides is 2. The molecule has 0 bridgehead atoms. The average molecular weight is 473 g/mol. The number of anilines is 1. The Balaban J connectivity index is 1.56. The van der Waals surface area contributed by atoms with Crippen molar-refractivity contribution in [2.75, 3.05) is 38.0 Å². The molecule has 2 aromatic carbocycles. The van der Waals surface area contributed by atoms with Crippen LogP contribution in [0.5, 0.6) is 0 Å². The predicted octanol–water partition coefficient (Wildman–Crippen LogP) is 0.932. The van der Waals surface area contributed by atoms with Crippen molar-refractivity contribution in [3.63, 3.8) is 0 Å². The summed E-state index contributed by atoms with van der Waals surface area (Å²) >= 11 is 5.82. The molecule has 3 rings (SSSR count). The van der Waals surface area contributed by atoms with Crippen LogP contribution in [-0.4, -0.2) is 64.7 Å². The van der Waals surface area contributed by atoms with Gasteiger partial charge in [0.25, 0.3) is 0 Å². The van der Waals surface area contributed by atoms with Gasteiger partial charge < -0.3 is 5.32 Å². The van der Waals surface area contributed by atoms with Crippen molar-refractivity contribution < 1.29 is 21.6 Å². The van der Waals surface area contributed by atoms with Gasteiger partial charge in [0.15, 0.2) is 0 Å². The van der Waals surface area contributed by atoms with Gasteiger partial charge >= 0.3 is 0 Å². The van der Waals surface area contributed by atoms with Crippen LogP contribution in [-0.2, 0) is 24.8 Å². The molecule has 0 aromatic heterocycles. The van der Waals surface area contributed by atoms with Crippen molar-refractivity contribution >= 4 is 43.2 Å². The summed E-state index contributed by atoms with van der Waals surface area (Å²) in [6.07, 6.45) is 0. The fourth-order valence-electron chi connectivity index (χ4n) is 3.04. The summed E-state index contributed by atoms with van der Waals surface area (Å²) < 4.78 is 49.6. The van der Waals surface area contributed by atoms with E-state index in [9.17, 15) is 21.6 Å². The van der Waals surface area contributed by atoms with Crippen molar-refractivity contribution in [1.82, 2.24) is 9.21 Å². The summed E-state index contributed by atoms with van der Waals surface area (Å²) in [4.78, 5) is 14.2. The molecule has 162 valence electrons. The first-order valence-electron chi connectivity index (χ1n) is 8.96. The molecule has 1 saturated heterocycles. The highest BCUT2D eigenvalue weighted by Crippen LogP contribution is 2.20. The Morgan fingerprint density at radius 3 is 2.20 bits per heavy atom. The van der Waals surface area contributed by atoms with E-state index in [1.54, 1.807) is 6.07 Å². The van der Waals surface area contributed by atoms with Gasteiger partial charge in [0, 0.05) is 36.9 Å². The molecule has 1 aliphatic heterocycles. The van der Waals surface area contributed by atoms with Crippen LogP contribution in [0.15, 0.2) is 58.3 Å². The number of carbonyl (C=O) groups excluding carboxylic acids is 1. The van der Waals surface area contributed by atoms with Crippen LogP contribution in [0.25, 0.3) is 0 Å². The highest BCUT2D eigenvalue weighted by Gasteiger charge is 2.29. The summed E-state index contributed by atoms with van der Waals surface area (Å²) in [6, 6.07) is 11.6. The van der Waals surface area contributed by atoms with Gasteiger partial charge in [0.1, 0.15) is 0 Å². The molecule has 12 heteroatoms. The molecule has 30 heavy (non-hydrogen) atoms. The van der Waals surface area contributed by atoms with Gasteiger partial charge in [-0.05, 0) is 42.5 Å². The summed E-state index contributed by atoms with van der Waals surface area (Å²) in [7, 11) is -7.48. The summed E-state index contributed by atoms with van der Waals surface area (Å²) in [5.41, 5.74) is 0.315. The zero-order valence-electron chi connectivity index (χ0n) is 15.9. The van der Waals surface area contributed by atoms with Gasteiger partial charge in [-0.2, -0.15) is 4.31 Å². The van der Waals surface area contributed by atoms with E-state index in [2.05, 4.69) is 5.32 Å². The van der Waals surface area contributed by atoms with Crippen LogP contribution in [0.3, 0.4) is 0 Å². The molecule has 0 radical (unpaired) electrons. The van der Waals surface area contributed by atoms with E-state index in [0.717, 1.165) is 0 Å². The SMILES string of the molecule is NS(=O)(=O)c1cccc(NC(=O)CN2CCN(S(=O)(=O)c3ccc(Cl)cc3)CC2)c1. The van der Waals surface area contributed by atoms with Crippen LogP contribution in [0, 0.1) is 0 Å². The van der Waals surface area contributed by atoms with E-state index < -0.39 is 20.0 Å². The lowest BCUT2D eigenvalue weighted by Gasteiger charge is -2.33. The van der Waals surface area contributed by atoms with Crippen LogP contribution in [0.4, 0.5) is 5.69 Å².